The molecule has 2 rings (SSSR count). The molecule has 0 spiro atoms. The molecule has 2 aromatic carbocycles. The van der Waals surface area contributed by atoms with Gasteiger partial charge in [-0.25, -0.2) is 0 Å². The molecule has 0 heterocycles. The maximum absolute atomic E-state index is 2.37. The average Bonchev–Trinajstić information content (AvgIpc) is 2.50. The Morgan fingerprint density at radius 1 is 0.810 bits per heavy atom. The molecule has 0 amide bonds. The minimum atomic E-state index is -0.214. The smallest absolute Gasteiger partial charge is 0.0195 e. The van der Waals surface area contributed by atoms with E-state index in [1.54, 1.807) is 0 Å². The first-order valence-corrected chi connectivity index (χ1v) is 9.53. The molecular weight excluding hydrogens is 271 g/mol. The molecule has 0 aliphatic rings. The zero-order chi connectivity index (χ0) is 15.2. The van der Waals surface area contributed by atoms with E-state index >= 15 is 0 Å². The van der Waals surface area contributed by atoms with Gasteiger partial charge < -0.3 is 0 Å². The second-order valence-electron chi connectivity index (χ2n) is 6.12. The Labute approximate surface area is 131 Å². The minimum Gasteiger partial charge on any atom is -0.0651 e. The first-order chi connectivity index (χ1) is 10.1. The molecule has 0 saturated carbocycles. The molecule has 1 unspecified atom stereocenters. The van der Waals surface area contributed by atoms with E-state index in [0.717, 1.165) is 5.92 Å². The predicted octanol–water partition coefficient (Wildman–Crippen LogP) is 5.17. The Morgan fingerprint density at radius 2 is 1.24 bits per heavy atom. The van der Waals surface area contributed by atoms with Gasteiger partial charge in [0.1, 0.15) is 0 Å². The van der Waals surface area contributed by atoms with Gasteiger partial charge in [-0.3, -0.25) is 0 Å². The summed E-state index contributed by atoms with van der Waals surface area (Å²) in [7, 11) is -0.214. The normalized spacial score (nSPS) is 12.6. The summed E-state index contributed by atoms with van der Waals surface area (Å²) >= 11 is 0. The quantitative estimate of drug-likeness (QED) is 0.645. The summed E-state index contributed by atoms with van der Waals surface area (Å²) in [5, 5.41) is 3.03. The van der Waals surface area contributed by atoms with Crippen molar-refractivity contribution < 1.29 is 0 Å². The Bertz CT molecular complexity index is 494. The fraction of sp³-hybridized carbons (Fsp3) is 0.400. The topological polar surface area (TPSA) is 0 Å². The monoisotopic (exact) mass is 298 g/mol. The summed E-state index contributed by atoms with van der Waals surface area (Å²) in [4.78, 5) is 0. The van der Waals surface area contributed by atoms with E-state index in [-0.39, 0.29) is 7.92 Å². The highest BCUT2D eigenvalue weighted by molar-refractivity contribution is 7.73. The van der Waals surface area contributed by atoms with Gasteiger partial charge in [0.25, 0.3) is 0 Å². The summed E-state index contributed by atoms with van der Waals surface area (Å²) in [5.41, 5.74) is 2.69. The van der Waals surface area contributed by atoms with E-state index in [2.05, 4.69) is 76.2 Å². The lowest BCUT2D eigenvalue weighted by atomic mass is 10.1. The largest absolute Gasteiger partial charge is 0.0651 e. The van der Waals surface area contributed by atoms with Crippen molar-refractivity contribution in [1.82, 2.24) is 0 Å². The summed E-state index contributed by atoms with van der Waals surface area (Å²) in [6, 6.07) is 18.3. The summed E-state index contributed by atoms with van der Waals surface area (Å²) < 4.78 is 0. The van der Waals surface area contributed by atoms with Gasteiger partial charge in [0.2, 0.25) is 0 Å². The lowest BCUT2D eigenvalue weighted by molar-refractivity contribution is 0.548. The van der Waals surface area contributed by atoms with Crippen molar-refractivity contribution in [3.05, 3.63) is 59.7 Å². The van der Waals surface area contributed by atoms with Crippen LogP contribution >= 0.6 is 7.92 Å². The molecule has 0 saturated heterocycles. The van der Waals surface area contributed by atoms with Crippen LogP contribution < -0.4 is 10.6 Å². The Hall–Kier alpha value is -1.13. The number of hydrogen-bond acceptors (Lipinski definition) is 0. The van der Waals surface area contributed by atoms with Crippen molar-refractivity contribution in [2.75, 3.05) is 6.16 Å². The highest BCUT2D eigenvalue weighted by Crippen LogP contribution is 2.35. The van der Waals surface area contributed by atoms with Crippen LogP contribution in [0.15, 0.2) is 48.5 Å². The molecule has 1 atom stereocenters. The van der Waals surface area contributed by atoms with Crippen LogP contribution in [-0.2, 0) is 0 Å². The van der Waals surface area contributed by atoms with E-state index in [1.807, 2.05) is 0 Å². The van der Waals surface area contributed by atoms with E-state index in [4.69, 9.17) is 0 Å². The third kappa shape index (κ3) is 4.68. The van der Waals surface area contributed by atoms with Crippen LogP contribution in [-0.4, -0.2) is 6.16 Å². The van der Waals surface area contributed by atoms with Gasteiger partial charge in [-0.2, -0.15) is 0 Å². The molecule has 1 heteroatoms. The van der Waals surface area contributed by atoms with Crippen LogP contribution in [0, 0.1) is 19.8 Å². The number of benzene rings is 2. The number of rotatable bonds is 6. The molecule has 112 valence electrons. The summed E-state index contributed by atoms with van der Waals surface area (Å²) in [5.74, 6) is 0.825. The Morgan fingerprint density at radius 3 is 1.62 bits per heavy atom. The van der Waals surface area contributed by atoms with Crippen molar-refractivity contribution in [3.8, 4) is 0 Å². The van der Waals surface area contributed by atoms with Crippen LogP contribution in [0.5, 0.6) is 0 Å². The maximum atomic E-state index is 2.37. The van der Waals surface area contributed by atoms with Crippen molar-refractivity contribution in [2.24, 2.45) is 5.92 Å². The number of hydrogen-bond donors (Lipinski definition) is 0. The van der Waals surface area contributed by atoms with Gasteiger partial charge in [-0.1, -0.05) is 79.9 Å². The first-order valence-electron chi connectivity index (χ1n) is 8.01. The lowest BCUT2D eigenvalue weighted by Crippen LogP contribution is -2.15. The van der Waals surface area contributed by atoms with Crippen molar-refractivity contribution in [2.45, 2.75) is 40.5 Å². The second-order valence-corrected chi connectivity index (χ2v) is 8.46. The van der Waals surface area contributed by atoms with Crippen molar-refractivity contribution in [3.63, 3.8) is 0 Å². The SMILES string of the molecule is CCC(C)CCP(c1ccc(C)cc1)c1ccc(C)cc1. The zero-order valence-electron chi connectivity index (χ0n) is 13.8. The van der Waals surface area contributed by atoms with E-state index in [1.165, 1.54) is 40.7 Å². The van der Waals surface area contributed by atoms with E-state index in [9.17, 15) is 0 Å². The van der Waals surface area contributed by atoms with Gasteiger partial charge in [0, 0.05) is 0 Å². The second kappa shape index (κ2) is 7.76. The van der Waals surface area contributed by atoms with Gasteiger partial charge in [0.15, 0.2) is 0 Å². The molecule has 0 fully saturated rings. The molecule has 0 nitrogen and oxygen atoms in total. The summed E-state index contributed by atoms with van der Waals surface area (Å²) in [6.07, 6.45) is 3.91. The molecule has 0 radical (unpaired) electrons. The summed E-state index contributed by atoms with van der Waals surface area (Å²) in [6.45, 7) is 9.00. The maximum Gasteiger partial charge on any atom is -0.0195 e. The molecule has 0 aliphatic carbocycles. The molecule has 0 aliphatic heterocycles. The lowest BCUT2D eigenvalue weighted by Gasteiger charge is -2.21. The fourth-order valence-electron chi connectivity index (χ4n) is 2.41. The molecule has 21 heavy (non-hydrogen) atoms. The third-order valence-electron chi connectivity index (χ3n) is 4.23. The van der Waals surface area contributed by atoms with Crippen LogP contribution in [0.4, 0.5) is 0 Å². The van der Waals surface area contributed by atoms with Gasteiger partial charge in [0.05, 0.1) is 0 Å². The molecule has 0 N–H and O–H groups in total. The molecular formula is C20H27P. The Kier molecular flexibility index (Phi) is 6.00. The van der Waals surface area contributed by atoms with E-state index in [0.29, 0.717) is 0 Å². The number of aryl methyl sites for hydroxylation is 2. The van der Waals surface area contributed by atoms with Crippen molar-refractivity contribution >= 4 is 18.5 Å². The standard InChI is InChI=1S/C20H27P/c1-5-16(2)14-15-21(19-10-6-17(3)7-11-19)20-12-8-18(4)9-13-20/h6-13,16H,5,14-15H2,1-4H3. The van der Waals surface area contributed by atoms with Gasteiger partial charge in [-0.15, -0.1) is 0 Å². The van der Waals surface area contributed by atoms with Crippen molar-refractivity contribution in [1.29, 1.82) is 0 Å². The zero-order valence-corrected chi connectivity index (χ0v) is 14.7. The predicted molar refractivity (Wildman–Crippen MR) is 97.5 cm³/mol. The third-order valence-corrected chi connectivity index (χ3v) is 6.78. The van der Waals surface area contributed by atoms with Gasteiger partial charge >= 0.3 is 0 Å². The van der Waals surface area contributed by atoms with Crippen LogP contribution in [0.1, 0.15) is 37.8 Å². The van der Waals surface area contributed by atoms with Crippen LogP contribution in [0.3, 0.4) is 0 Å². The highest BCUT2D eigenvalue weighted by atomic mass is 31.1. The fourth-order valence-corrected chi connectivity index (χ4v) is 4.94. The minimum absolute atomic E-state index is 0.214. The van der Waals surface area contributed by atoms with Crippen LogP contribution in [0.25, 0.3) is 0 Å². The first kappa shape index (κ1) is 16.2. The molecule has 0 bridgehead atoms. The average molecular weight is 298 g/mol. The molecule has 0 aromatic heterocycles. The van der Waals surface area contributed by atoms with E-state index < -0.39 is 0 Å². The van der Waals surface area contributed by atoms with Crippen LogP contribution in [0.2, 0.25) is 0 Å². The molecule has 2 aromatic rings. The van der Waals surface area contributed by atoms with Gasteiger partial charge in [-0.05, 0) is 50.9 Å². The highest BCUT2D eigenvalue weighted by Gasteiger charge is 2.14. The Balaban J connectivity index is 2.25.